The minimum atomic E-state index is -4.94. The first-order valence-electron chi connectivity index (χ1n) is 12.5. The van der Waals surface area contributed by atoms with Gasteiger partial charge in [-0.25, -0.2) is 4.79 Å². The predicted molar refractivity (Wildman–Crippen MR) is 127 cm³/mol. The molecular weight excluding hydrogens is 514 g/mol. The molecular formula is C27H30F6N2O3. The number of piperidine rings is 1. The van der Waals surface area contributed by atoms with Crippen molar-refractivity contribution in [2.45, 2.75) is 62.7 Å². The molecule has 2 aromatic carbocycles. The number of hydrogen-bond donors (Lipinski definition) is 1. The number of halogens is 6. The Morgan fingerprint density at radius 3 is 2.16 bits per heavy atom. The van der Waals surface area contributed by atoms with Gasteiger partial charge < -0.3 is 19.7 Å². The topological polar surface area (TPSA) is 50.8 Å². The lowest BCUT2D eigenvalue weighted by molar-refractivity contribution is -0.143. The van der Waals surface area contributed by atoms with E-state index in [2.05, 4.69) is 5.32 Å². The Bertz CT molecular complexity index is 1060. The number of hydrogen-bond acceptors (Lipinski definition) is 4. The molecule has 1 amide bonds. The van der Waals surface area contributed by atoms with Crippen LogP contribution < -0.4 is 5.32 Å². The molecule has 2 aliphatic rings. The largest absolute Gasteiger partial charge is 0.445 e. The predicted octanol–water partition coefficient (Wildman–Crippen LogP) is 6.68. The standard InChI is InChI=1S/C27H30F6N2O3/c1-18(19-13-21(26(28,29)30)15-22(14-19)27(31,32)33)37-17-25(20-7-3-2-4-8-20)10-9-23(16-34-25)38-24(36)35-11-5-6-12-35/h2-4,7-8,13-15,18,23,34H,5-6,9-12,16-17H2,1H3/t18-,23?,25-/m1/s1. The molecule has 2 fully saturated rings. The normalized spacial score (nSPS) is 23.3. The van der Waals surface area contributed by atoms with Crippen LogP contribution in [0.5, 0.6) is 0 Å². The molecule has 2 aliphatic heterocycles. The summed E-state index contributed by atoms with van der Waals surface area (Å²) in [4.78, 5) is 14.1. The molecule has 38 heavy (non-hydrogen) atoms. The van der Waals surface area contributed by atoms with Gasteiger partial charge in [0.25, 0.3) is 0 Å². The van der Waals surface area contributed by atoms with Crippen LogP contribution in [-0.2, 0) is 27.4 Å². The zero-order valence-electron chi connectivity index (χ0n) is 20.9. The molecule has 0 bridgehead atoms. The molecule has 0 aromatic heterocycles. The molecule has 3 atom stereocenters. The molecule has 1 N–H and O–H groups in total. The number of carbonyl (C=O) groups excluding carboxylic acids is 1. The average Bonchev–Trinajstić information content (AvgIpc) is 3.43. The third-order valence-corrected chi connectivity index (χ3v) is 7.18. The van der Waals surface area contributed by atoms with Crippen LogP contribution in [0.1, 0.15) is 61.0 Å². The van der Waals surface area contributed by atoms with E-state index >= 15 is 0 Å². The SMILES string of the molecule is C[C@@H](OC[C@@]1(c2ccccc2)CCC(OC(=O)N2CCCC2)CN1)c1cc(C(F)(F)F)cc(C(F)(F)F)c1. The molecule has 1 unspecified atom stereocenters. The van der Waals surface area contributed by atoms with Crippen LogP contribution in [0.25, 0.3) is 0 Å². The zero-order valence-corrected chi connectivity index (χ0v) is 20.9. The molecule has 2 aromatic rings. The van der Waals surface area contributed by atoms with Gasteiger partial charge in [-0.2, -0.15) is 26.3 Å². The smallest absolute Gasteiger partial charge is 0.416 e. The van der Waals surface area contributed by atoms with E-state index in [9.17, 15) is 31.1 Å². The molecule has 0 spiro atoms. The summed E-state index contributed by atoms with van der Waals surface area (Å²) in [6, 6.07) is 10.8. The second-order valence-corrected chi connectivity index (χ2v) is 9.86. The second-order valence-electron chi connectivity index (χ2n) is 9.86. The van der Waals surface area contributed by atoms with Gasteiger partial charge in [0, 0.05) is 19.6 Å². The lowest BCUT2D eigenvalue weighted by Crippen LogP contribution is -2.54. The molecule has 208 valence electrons. The number of ether oxygens (including phenoxy) is 2. The van der Waals surface area contributed by atoms with E-state index < -0.39 is 35.1 Å². The van der Waals surface area contributed by atoms with Crippen LogP contribution in [0, 0.1) is 0 Å². The summed E-state index contributed by atoms with van der Waals surface area (Å²) in [6.45, 7) is 3.09. The van der Waals surface area contributed by atoms with Crippen molar-refractivity contribution in [1.82, 2.24) is 10.2 Å². The number of alkyl halides is 6. The van der Waals surface area contributed by atoms with Gasteiger partial charge in [0.05, 0.1) is 29.4 Å². The fraction of sp³-hybridized carbons (Fsp3) is 0.519. The number of nitrogens with one attached hydrogen (secondary N) is 1. The van der Waals surface area contributed by atoms with Crippen molar-refractivity contribution >= 4 is 6.09 Å². The van der Waals surface area contributed by atoms with E-state index in [1.165, 1.54) is 6.92 Å². The molecule has 0 aliphatic carbocycles. The van der Waals surface area contributed by atoms with E-state index in [1.807, 2.05) is 30.3 Å². The molecule has 4 rings (SSSR count). The van der Waals surface area contributed by atoms with E-state index in [1.54, 1.807) is 4.90 Å². The molecule has 11 heteroatoms. The first-order chi connectivity index (χ1) is 17.9. The molecule has 0 saturated carbocycles. The summed E-state index contributed by atoms with van der Waals surface area (Å²) < 4.78 is 91.6. The first-order valence-corrected chi connectivity index (χ1v) is 12.5. The minimum Gasteiger partial charge on any atom is -0.445 e. The maximum atomic E-state index is 13.3. The van der Waals surface area contributed by atoms with E-state index in [-0.39, 0.29) is 30.4 Å². The van der Waals surface area contributed by atoms with Gasteiger partial charge in [0.15, 0.2) is 0 Å². The van der Waals surface area contributed by atoms with Crippen LogP contribution in [0.3, 0.4) is 0 Å². The van der Waals surface area contributed by atoms with Crippen LogP contribution in [0.2, 0.25) is 0 Å². The van der Waals surface area contributed by atoms with Crippen molar-refractivity contribution in [2.75, 3.05) is 26.2 Å². The minimum absolute atomic E-state index is 0.0113. The summed E-state index contributed by atoms with van der Waals surface area (Å²) in [5, 5.41) is 3.39. The third-order valence-electron chi connectivity index (χ3n) is 7.18. The lowest BCUT2D eigenvalue weighted by atomic mass is 9.82. The zero-order chi connectivity index (χ0) is 27.6. The number of nitrogens with zero attached hydrogens (tertiary/aromatic N) is 1. The van der Waals surface area contributed by atoms with Crippen LogP contribution >= 0.6 is 0 Å². The van der Waals surface area contributed by atoms with Crippen molar-refractivity contribution < 1.29 is 40.6 Å². The maximum absolute atomic E-state index is 13.3. The Labute approximate surface area is 217 Å². The first kappa shape index (κ1) is 28.2. The van der Waals surface area contributed by atoms with Gasteiger partial charge in [0.1, 0.15) is 6.10 Å². The fourth-order valence-corrected chi connectivity index (χ4v) is 4.91. The van der Waals surface area contributed by atoms with Gasteiger partial charge >= 0.3 is 18.4 Å². The van der Waals surface area contributed by atoms with Gasteiger partial charge in [-0.05, 0) is 61.9 Å². The van der Waals surface area contributed by atoms with Crippen molar-refractivity contribution in [3.05, 3.63) is 70.8 Å². The van der Waals surface area contributed by atoms with Crippen LogP contribution in [-0.4, -0.2) is 43.3 Å². The number of amides is 1. The van der Waals surface area contributed by atoms with Crippen LogP contribution in [0.4, 0.5) is 31.1 Å². The Balaban J connectivity index is 1.49. The highest BCUT2D eigenvalue weighted by Crippen LogP contribution is 2.39. The molecule has 5 nitrogen and oxygen atoms in total. The number of benzene rings is 2. The van der Waals surface area contributed by atoms with Gasteiger partial charge in [-0.1, -0.05) is 30.3 Å². The Kier molecular flexibility index (Phi) is 8.27. The van der Waals surface area contributed by atoms with Crippen LogP contribution in [0.15, 0.2) is 48.5 Å². The van der Waals surface area contributed by atoms with E-state index in [0.717, 1.165) is 18.4 Å². The fourth-order valence-electron chi connectivity index (χ4n) is 4.91. The molecule has 2 saturated heterocycles. The van der Waals surface area contributed by atoms with Crippen molar-refractivity contribution in [1.29, 1.82) is 0 Å². The summed E-state index contributed by atoms with van der Waals surface area (Å²) in [5.74, 6) is 0. The maximum Gasteiger partial charge on any atom is 0.416 e. The monoisotopic (exact) mass is 544 g/mol. The Morgan fingerprint density at radius 2 is 1.63 bits per heavy atom. The van der Waals surface area contributed by atoms with E-state index in [4.69, 9.17) is 9.47 Å². The highest BCUT2D eigenvalue weighted by atomic mass is 19.4. The summed E-state index contributed by atoms with van der Waals surface area (Å²) >= 11 is 0. The summed E-state index contributed by atoms with van der Waals surface area (Å²) in [7, 11) is 0. The summed E-state index contributed by atoms with van der Waals surface area (Å²) in [6.07, 6.45) is -8.75. The second kappa shape index (κ2) is 11.1. The van der Waals surface area contributed by atoms with Crippen molar-refractivity contribution in [3.63, 3.8) is 0 Å². The summed E-state index contributed by atoms with van der Waals surface area (Å²) in [5.41, 5.74) is -2.89. The quantitative estimate of drug-likeness (QED) is 0.412. The highest BCUT2D eigenvalue weighted by Gasteiger charge is 2.40. The Hall–Kier alpha value is -2.79. The average molecular weight is 545 g/mol. The number of rotatable bonds is 6. The van der Waals surface area contributed by atoms with Gasteiger partial charge in [-0.3, -0.25) is 0 Å². The number of likely N-dealkylation sites (tertiary alicyclic amines) is 1. The van der Waals surface area contributed by atoms with Crippen molar-refractivity contribution in [3.8, 4) is 0 Å². The highest BCUT2D eigenvalue weighted by molar-refractivity contribution is 5.68. The van der Waals surface area contributed by atoms with Crippen molar-refractivity contribution in [2.24, 2.45) is 0 Å². The van der Waals surface area contributed by atoms with Gasteiger partial charge in [0.2, 0.25) is 0 Å². The lowest BCUT2D eigenvalue weighted by Gasteiger charge is -2.42. The third kappa shape index (κ3) is 6.61. The van der Waals surface area contributed by atoms with Gasteiger partial charge in [-0.15, -0.1) is 0 Å². The number of carbonyl (C=O) groups is 1. The van der Waals surface area contributed by atoms with E-state index in [0.29, 0.717) is 44.6 Å². The molecule has 0 radical (unpaired) electrons. The molecule has 2 heterocycles. The Morgan fingerprint density at radius 1 is 1.03 bits per heavy atom.